The van der Waals surface area contributed by atoms with Crippen molar-refractivity contribution in [1.82, 2.24) is 0 Å². The molecule has 3 nitrogen and oxygen atoms in total. The molecule has 0 unspecified atom stereocenters. The van der Waals surface area contributed by atoms with Crippen molar-refractivity contribution in [3.05, 3.63) is 0 Å². The van der Waals surface area contributed by atoms with Crippen molar-refractivity contribution < 1.29 is 20.5 Å². The second kappa shape index (κ2) is 42.7. The Labute approximate surface area is 121 Å². The van der Waals surface area contributed by atoms with Crippen LogP contribution >= 0.6 is 0 Å². The van der Waals surface area contributed by atoms with E-state index in [-0.39, 0.29) is 103 Å². The summed E-state index contributed by atoms with van der Waals surface area (Å²) in [5, 5.41) is 0. The second-order valence-electron chi connectivity index (χ2n) is 0. The molecule has 0 aliphatic carbocycles. The average Bonchev–Trinajstić information content (AvgIpc) is 1.00. The fraction of sp³-hybridized carbons (Fsp3) is 0. The Morgan fingerprint density at radius 2 is 1.17 bits per heavy atom. The van der Waals surface area contributed by atoms with E-state index in [0.29, 0.717) is 16.2 Å². The molecule has 0 amide bonds. The van der Waals surface area contributed by atoms with Crippen LogP contribution in [0.4, 0.5) is 0 Å². The van der Waals surface area contributed by atoms with Crippen LogP contribution in [0.15, 0.2) is 0 Å². The van der Waals surface area contributed by atoms with E-state index >= 15 is 0 Å². The molecule has 4 N–H and O–H groups in total. The predicted molar refractivity (Wildman–Crippen MR) is 31.0 cm³/mol. The van der Waals surface area contributed by atoms with Crippen LogP contribution in [0.1, 0.15) is 5.71 Å². The number of rotatable bonds is 0. The quantitative estimate of drug-likeness (QED) is 0.436. The monoisotopic (exact) mass is 262 g/mol. The molecule has 0 aromatic carbocycles. The van der Waals surface area contributed by atoms with Crippen molar-refractivity contribution in [2.75, 3.05) is 0 Å². The van der Waals surface area contributed by atoms with Crippen LogP contribution in [0.25, 0.3) is 0 Å². The molecule has 0 saturated carbocycles. The van der Waals surface area contributed by atoms with Crippen LogP contribution in [0.3, 0.4) is 0 Å². The number of hydrogen-bond acceptors (Lipinski definition) is 1. The first-order valence-electron chi connectivity index (χ1n) is 0.289. The van der Waals surface area contributed by atoms with Gasteiger partial charge in [0.1, 0.15) is 0 Å². The summed E-state index contributed by atoms with van der Waals surface area (Å²) in [6.07, 6.45) is 0. The van der Waals surface area contributed by atoms with E-state index in [4.69, 9.17) is 3.80 Å². The molecule has 0 atom stereocenters. The van der Waals surface area contributed by atoms with Crippen molar-refractivity contribution in [3.63, 3.8) is 0 Å². The van der Waals surface area contributed by atoms with Crippen LogP contribution in [-0.2, 0) is 3.80 Å². The van der Waals surface area contributed by atoms with Crippen LogP contribution in [0.5, 0.6) is 0 Å². The fourth-order valence-electron chi connectivity index (χ4n) is 0. The van der Waals surface area contributed by atoms with Crippen molar-refractivity contribution >= 4 is 103 Å². The molecule has 0 bridgehead atoms. The summed E-state index contributed by atoms with van der Waals surface area (Å²) < 4.78 is 8.28. The van der Waals surface area contributed by atoms with Gasteiger partial charge in [-0.1, -0.05) is 0 Å². The van der Waals surface area contributed by atoms with E-state index in [0.717, 1.165) is 0 Å². The van der Waals surface area contributed by atoms with Crippen LogP contribution in [0.2, 0.25) is 0 Å². The van der Waals surface area contributed by atoms with E-state index in [1.807, 2.05) is 0 Å². The summed E-state index contributed by atoms with van der Waals surface area (Å²) in [5.74, 6) is 0. The molecule has 0 fully saturated rings. The Morgan fingerprint density at radius 3 is 1.17 bits per heavy atom. The molecular formula is H9AlBaCaO3. The third-order valence-electron chi connectivity index (χ3n) is 0. The van der Waals surface area contributed by atoms with E-state index in [1.54, 1.807) is 0 Å². The van der Waals surface area contributed by atoms with Gasteiger partial charge in [-0.3, -0.25) is 0 Å². The summed E-state index contributed by atoms with van der Waals surface area (Å²) in [7, 11) is 0. The van der Waals surface area contributed by atoms with Gasteiger partial charge in [-0.05, 0) is 0 Å². The second-order valence-corrected chi connectivity index (χ2v) is 0. The molecule has 0 aliphatic heterocycles. The Balaban J connectivity index is -0.000000000179. The maximum absolute atomic E-state index is 8.28. The van der Waals surface area contributed by atoms with E-state index in [1.165, 1.54) is 0 Å². The van der Waals surface area contributed by atoms with Gasteiger partial charge >= 0.3 is 107 Å². The Kier molecular flexibility index (Phi) is 253. The first-order chi connectivity index (χ1) is 1.00. The van der Waals surface area contributed by atoms with Crippen molar-refractivity contribution in [1.29, 1.82) is 0 Å². The maximum atomic E-state index is 8.28. The van der Waals surface area contributed by atoms with Gasteiger partial charge in [-0.25, -0.2) is 0 Å². The minimum atomic E-state index is 0. The van der Waals surface area contributed by atoms with Crippen molar-refractivity contribution in [2.45, 2.75) is 0 Å². The molecular weight excluding hydrogens is 252 g/mol. The fourth-order valence-corrected chi connectivity index (χ4v) is 0. The summed E-state index contributed by atoms with van der Waals surface area (Å²) in [6, 6.07) is 0. The molecule has 0 aliphatic rings. The molecule has 0 spiro atoms. The van der Waals surface area contributed by atoms with Crippen molar-refractivity contribution in [3.8, 4) is 0 Å². The predicted octanol–water partition coefficient (Wildman–Crippen LogP) is -2.73. The van der Waals surface area contributed by atoms with Crippen LogP contribution in [-0.4, -0.2) is 114 Å². The molecule has 0 heterocycles. The Hall–Kier alpha value is 3.08. The van der Waals surface area contributed by atoms with Gasteiger partial charge in [-0.2, -0.15) is 0 Å². The zero-order valence-electron chi connectivity index (χ0n) is 7.53. The number of hydrogen-bond donors (Lipinski definition) is 0. The normalized spacial score (nSPS) is 0.500. The summed E-state index contributed by atoms with van der Waals surface area (Å²) in [4.78, 5) is 0. The first kappa shape index (κ1) is 35.6. The first-order valence-corrected chi connectivity index (χ1v) is 0.866. The van der Waals surface area contributed by atoms with Gasteiger partial charge in [0.2, 0.25) is 0 Å². The van der Waals surface area contributed by atoms with E-state index in [9.17, 15) is 0 Å². The average molecular weight is 261 g/mol. The Bertz CT molecular complexity index is 20.5. The standard InChI is InChI=1S/Al.Ba.Ca.2H2O.O.5H/h;;;2*1H2;;;;;;/q;2*+2;;;;;4*-1. The van der Waals surface area contributed by atoms with E-state index < -0.39 is 0 Å². The molecule has 0 rings (SSSR count). The topological polar surface area (TPSA) is 80.1 Å². The molecule has 6 heavy (non-hydrogen) atoms. The summed E-state index contributed by atoms with van der Waals surface area (Å²) in [5.41, 5.74) is 0. The molecule has 0 saturated heterocycles. The third-order valence-corrected chi connectivity index (χ3v) is 0. The zero-order valence-corrected chi connectivity index (χ0v) is 11.6. The summed E-state index contributed by atoms with van der Waals surface area (Å²) in [6.45, 7) is 0. The van der Waals surface area contributed by atoms with Gasteiger partial charge in [0, 0.05) is 0 Å². The van der Waals surface area contributed by atoms with Gasteiger partial charge < -0.3 is 16.7 Å². The SMILES string of the molecule is O.O.[Ba+2].[Ca+2].[H-].[H-].[H-].[H-].[O]=[AlH]. The Morgan fingerprint density at radius 1 is 1.17 bits per heavy atom. The summed E-state index contributed by atoms with van der Waals surface area (Å²) >= 11 is 0.611. The van der Waals surface area contributed by atoms with Gasteiger partial charge in [-0.15, -0.1) is 0 Å². The zero-order chi connectivity index (χ0) is 2.00. The molecule has 34 valence electrons. The molecule has 0 aromatic heterocycles. The van der Waals surface area contributed by atoms with Gasteiger partial charge in [0.25, 0.3) is 0 Å². The minimum absolute atomic E-state index is 0. The van der Waals surface area contributed by atoms with Gasteiger partial charge in [0.05, 0.1) is 0 Å². The van der Waals surface area contributed by atoms with Gasteiger partial charge in [0.15, 0.2) is 0 Å². The third kappa shape index (κ3) is 27.6. The molecule has 6 heteroatoms. The van der Waals surface area contributed by atoms with Crippen molar-refractivity contribution in [2.24, 2.45) is 0 Å². The van der Waals surface area contributed by atoms with E-state index in [2.05, 4.69) is 0 Å². The molecule has 0 aromatic rings. The van der Waals surface area contributed by atoms with Crippen LogP contribution in [0, 0.1) is 0 Å². The van der Waals surface area contributed by atoms with Crippen LogP contribution < -0.4 is 0 Å². The molecule has 0 radical (unpaired) electrons.